The van der Waals surface area contributed by atoms with E-state index in [0.29, 0.717) is 5.75 Å². The number of aliphatic carboxylic acids is 1. The van der Waals surface area contributed by atoms with E-state index in [4.69, 9.17) is 10.2 Å². The van der Waals surface area contributed by atoms with Crippen molar-refractivity contribution in [1.82, 2.24) is 0 Å². The molecule has 0 amide bonds. The largest absolute Gasteiger partial charge is 0.508 e. The van der Waals surface area contributed by atoms with E-state index in [1.807, 2.05) is 6.07 Å². The number of para-hydroxylation sites is 1. The lowest BCUT2D eigenvalue weighted by molar-refractivity contribution is -0.149. The topological polar surface area (TPSA) is 83.8 Å². The summed E-state index contributed by atoms with van der Waals surface area (Å²) in [5.74, 6) is -1.57. The number of benzene rings is 1. The van der Waals surface area contributed by atoms with Gasteiger partial charge in [0.05, 0.1) is 7.11 Å². The number of hydrogen-bond donors (Lipinski definition) is 2. The van der Waals surface area contributed by atoms with Gasteiger partial charge in [0, 0.05) is 0 Å². The van der Waals surface area contributed by atoms with Crippen LogP contribution in [0.2, 0.25) is 0 Å². The summed E-state index contributed by atoms with van der Waals surface area (Å²) in [4.78, 5) is 19.7. The molecular formula is C14H22O5. The first-order chi connectivity index (χ1) is 8.97. The first-order valence-corrected chi connectivity index (χ1v) is 6.00. The van der Waals surface area contributed by atoms with Gasteiger partial charge in [0.1, 0.15) is 12.2 Å². The molecule has 0 heterocycles. The van der Waals surface area contributed by atoms with Gasteiger partial charge in [0.25, 0.3) is 0 Å². The van der Waals surface area contributed by atoms with Gasteiger partial charge in [-0.3, -0.25) is 9.59 Å². The van der Waals surface area contributed by atoms with Crippen molar-refractivity contribution in [1.29, 1.82) is 0 Å². The first kappa shape index (κ1) is 19.3. The van der Waals surface area contributed by atoms with E-state index in [9.17, 15) is 9.59 Å². The Morgan fingerprint density at radius 3 is 1.74 bits per heavy atom. The molecule has 0 atom stereocenters. The lowest BCUT2D eigenvalue weighted by Gasteiger charge is -1.90. The Hall–Kier alpha value is -2.04. The maximum atomic E-state index is 10.0. The number of esters is 1. The zero-order chi connectivity index (χ0) is 15.1. The van der Waals surface area contributed by atoms with Gasteiger partial charge >= 0.3 is 11.9 Å². The van der Waals surface area contributed by atoms with Crippen LogP contribution in [0.1, 0.15) is 33.1 Å². The Labute approximate surface area is 113 Å². The molecule has 0 aliphatic rings. The molecule has 0 unspecified atom stereocenters. The van der Waals surface area contributed by atoms with Crippen LogP contribution in [0, 0.1) is 0 Å². The number of rotatable bonds is 3. The number of unbranched alkanes of at least 4 members (excludes halogenated alkanes) is 1. The first-order valence-electron chi connectivity index (χ1n) is 6.00. The van der Waals surface area contributed by atoms with Gasteiger partial charge < -0.3 is 14.9 Å². The molecule has 108 valence electrons. The van der Waals surface area contributed by atoms with Crippen LogP contribution < -0.4 is 0 Å². The van der Waals surface area contributed by atoms with Crippen molar-refractivity contribution in [2.75, 3.05) is 7.11 Å². The average molecular weight is 270 g/mol. The molecule has 0 saturated carbocycles. The maximum absolute atomic E-state index is 10.0. The van der Waals surface area contributed by atoms with Crippen molar-refractivity contribution >= 4 is 11.9 Å². The van der Waals surface area contributed by atoms with Gasteiger partial charge in [0.15, 0.2) is 0 Å². The second-order valence-corrected chi connectivity index (χ2v) is 3.48. The summed E-state index contributed by atoms with van der Waals surface area (Å²) in [5.41, 5.74) is 0. The fourth-order valence-electron chi connectivity index (χ4n) is 0.624. The normalized spacial score (nSPS) is 8.16. The van der Waals surface area contributed by atoms with Crippen LogP contribution >= 0.6 is 0 Å². The molecule has 0 aromatic heterocycles. The summed E-state index contributed by atoms with van der Waals surface area (Å²) < 4.78 is 4.04. The molecular weight excluding hydrogens is 248 g/mol. The number of phenols is 1. The van der Waals surface area contributed by atoms with Crippen LogP contribution in [0.3, 0.4) is 0 Å². The summed E-state index contributed by atoms with van der Waals surface area (Å²) in [6.45, 7) is 4.36. The van der Waals surface area contributed by atoms with Crippen molar-refractivity contribution in [3.63, 3.8) is 0 Å². The fraction of sp³-hybridized carbons (Fsp3) is 0.429. The third-order valence-corrected chi connectivity index (χ3v) is 1.78. The summed E-state index contributed by atoms with van der Waals surface area (Å²) in [6, 6.07) is 8.71. The van der Waals surface area contributed by atoms with Crippen LogP contribution in [-0.2, 0) is 14.3 Å². The van der Waals surface area contributed by atoms with Gasteiger partial charge in [-0.15, -0.1) is 0 Å². The molecule has 0 aliphatic heterocycles. The van der Waals surface area contributed by atoms with Crippen LogP contribution in [0.4, 0.5) is 0 Å². The van der Waals surface area contributed by atoms with Crippen LogP contribution in [0.15, 0.2) is 30.3 Å². The second kappa shape index (κ2) is 14.0. The van der Waals surface area contributed by atoms with Crippen LogP contribution in [0.5, 0.6) is 5.75 Å². The molecule has 19 heavy (non-hydrogen) atoms. The van der Waals surface area contributed by atoms with Crippen molar-refractivity contribution in [3.05, 3.63) is 30.3 Å². The molecule has 5 nitrogen and oxygen atoms in total. The molecule has 0 aliphatic carbocycles. The third-order valence-electron chi connectivity index (χ3n) is 1.78. The molecule has 2 N–H and O–H groups in total. The lowest BCUT2D eigenvalue weighted by Crippen LogP contribution is -2.07. The van der Waals surface area contributed by atoms with E-state index in [0.717, 1.165) is 7.11 Å². The highest BCUT2D eigenvalue weighted by atomic mass is 16.5. The van der Waals surface area contributed by atoms with E-state index in [-0.39, 0.29) is 0 Å². The SMILES string of the molecule is CCCC.COC(=O)CC(=O)O.Oc1ccccc1. The van der Waals surface area contributed by atoms with Crippen molar-refractivity contribution in [3.8, 4) is 5.75 Å². The van der Waals surface area contributed by atoms with Gasteiger partial charge in [-0.2, -0.15) is 0 Å². The number of phenolic OH excluding ortho intramolecular Hbond substituents is 1. The number of hydrogen-bond acceptors (Lipinski definition) is 4. The zero-order valence-electron chi connectivity index (χ0n) is 11.6. The van der Waals surface area contributed by atoms with E-state index in [1.165, 1.54) is 12.8 Å². The molecule has 1 rings (SSSR count). The smallest absolute Gasteiger partial charge is 0.316 e. The molecule has 0 spiro atoms. The number of methoxy groups -OCH3 is 1. The van der Waals surface area contributed by atoms with Gasteiger partial charge in [-0.05, 0) is 12.1 Å². The van der Waals surface area contributed by atoms with Crippen LogP contribution in [-0.4, -0.2) is 29.3 Å². The molecule has 0 bridgehead atoms. The summed E-state index contributed by atoms with van der Waals surface area (Å²) >= 11 is 0. The minimum atomic E-state index is -1.17. The maximum Gasteiger partial charge on any atom is 0.316 e. The monoisotopic (exact) mass is 270 g/mol. The molecule has 1 aromatic rings. The minimum absolute atomic E-state index is 0.322. The highest BCUT2D eigenvalue weighted by molar-refractivity contribution is 5.89. The van der Waals surface area contributed by atoms with Crippen molar-refractivity contribution < 1.29 is 24.5 Å². The summed E-state index contributed by atoms with van der Waals surface area (Å²) in [5, 5.41) is 16.5. The Kier molecular flexibility index (Phi) is 14.2. The third kappa shape index (κ3) is 18.5. The number of carbonyl (C=O) groups is 2. The number of carboxylic acid groups (broad SMARTS) is 1. The lowest BCUT2D eigenvalue weighted by atomic mass is 10.3. The standard InChI is InChI=1S/C6H6O.C4H6O4.C4H10/c7-6-4-2-1-3-5-6;1-8-4(7)2-3(5)6;1-3-4-2/h1-5,7H;2H2,1H3,(H,5,6);3-4H2,1-2H3. The average Bonchev–Trinajstić information content (AvgIpc) is 2.40. The summed E-state index contributed by atoms with van der Waals surface area (Å²) in [6.07, 6.45) is 2.08. The molecule has 0 saturated heterocycles. The zero-order valence-corrected chi connectivity index (χ0v) is 11.6. The molecule has 5 heteroatoms. The van der Waals surface area contributed by atoms with E-state index in [1.54, 1.807) is 24.3 Å². The minimum Gasteiger partial charge on any atom is -0.508 e. The van der Waals surface area contributed by atoms with Crippen molar-refractivity contribution in [2.24, 2.45) is 0 Å². The Balaban J connectivity index is 0. The predicted molar refractivity (Wildman–Crippen MR) is 73.0 cm³/mol. The molecule has 0 fully saturated rings. The number of ether oxygens (including phenoxy) is 1. The van der Waals surface area contributed by atoms with Gasteiger partial charge in [0.2, 0.25) is 0 Å². The highest BCUT2D eigenvalue weighted by Gasteiger charge is 2.04. The highest BCUT2D eigenvalue weighted by Crippen LogP contribution is 2.02. The Morgan fingerprint density at radius 2 is 1.58 bits per heavy atom. The molecule has 0 radical (unpaired) electrons. The second-order valence-electron chi connectivity index (χ2n) is 3.48. The van der Waals surface area contributed by atoms with Gasteiger partial charge in [-0.25, -0.2) is 0 Å². The Bertz CT molecular complexity index is 333. The Morgan fingerprint density at radius 1 is 1.11 bits per heavy atom. The van der Waals surface area contributed by atoms with Crippen molar-refractivity contribution in [2.45, 2.75) is 33.1 Å². The van der Waals surface area contributed by atoms with E-state index >= 15 is 0 Å². The van der Waals surface area contributed by atoms with E-state index in [2.05, 4.69) is 18.6 Å². The number of carbonyl (C=O) groups excluding carboxylic acids is 1. The number of aromatic hydroxyl groups is 1. The summed E-state index contributed by atoms with van der Waals surface area (Å²) in [7, 11) is 1.14. The van der Waals surface area contributed by atoms with Crippen LogP contribution in [0.25, 0.3) is 0 Å². The van der Waals surface area contributed by atoms with E-state index < -0.39 is 18.4 Å². The fourth-order valence-corrected chi connectivity index (χ4v) is 0.624. The molecule has 1 aromatic carbocycles. The number of carboxylic acids is 1. The predicted octanol–water partition coefficient (Wildman–Crippen LogP) is 2.83. The van der Waals surface area contributed by atoms with Gasteiger partial charge in [-0.1, -0.05) is 44.9 Å². The quantitative estimate of drug-likeness (QED) is 0.651.